The Bertz CT molecular complexity index is 1640. The molecule has 1 saturated heterocycles. The highest BCUT2D eigenvalue weighted by molar-refractivity contribution is 5.89. The molecule has 46 heavy (non-hydrogen) atoms. The van der Waals surface area contributed by atoms with Crippen molar-refractivity contribution < 1.29 is 19.4 Å². The normalized spacial score (nSPS) is 20.5. The Morgan fingerprint density at radius 1 is 1.02 bits per heavy atom. The van der Waals surface area contributed by atoms with Crippen molar-refractivity contribution in [3.8, 4) is 17.2 Å². The maximum Gasteiger partial charge on any atom is 0.320 e. The van der Waals surface area contributed by atoms with E-state index in [1.807, 2.05) is 53.1 Å². The SMILES string of the molecule is CC1CCCCN1c1nnc2ccc(OC3CCC(NC(=O)Nc4cc(C(C)(C)C)nn4-c4cccc(OCCO)c4)CC3)cn12. The van der Waals surface area contributed by atoms with E-state index in [-0.39, 0.29) is 36.8 Å². The number of aromatic nitrogens is 5. The van der Waals surface area contributed by atoms with Gasteiger partial charge >= 0.3 is 6.03 Å². The number of ether oxygens (including phenoxy) is 2. The topological polar surface area (TPSA) is 131 Å². The summed E-state index contributed by atoms with van der Waals surface area (Å²) in [4.78, 5) is 15.6. The molecule has 4 aromatic rings. The number of aliphatic hydroxyl groups excluding tert-OH is 1. The molecule has 12 heteroatoms. The van der Waals surface area contributed by atoms with Crippen LogP contribution < -0.4 is 25.0 Å². The lowest BCUT2D eigenvalue weighted by atomic mass is 9.92. The van der Waals surface area contributed by atoms with Crippen LogP contribution in [0.4, 0.5) is 16.6 Å². The smallest absolute Gasteiger partial charge is 0.320 e. The summed E-state index contributed by atoms with van der Waals surface area (Å²) in [7, 11) is 0. The number of aliphatic hydroxyl groups is 1. The second-order valence-electron chi connectivity index (χ2n) is 13.5. The number of nitrogens with one attached hydrogen (secondary N) is 2. The van der Waals surface area contributed by atoms with Crippen LogP contribution >= 0.6 is 0 Å². The molecule has 1 aliphatic carbocycles. The number of nitrogens with zero attached hydrogens (tertiary/aromatic N) is 6. The number of rotatable bonds is 9. The Kier molecular flexibility index (Phi) is 9.34. The average Bonchev–Trinajstić information content (AvgIpc) is 3.66. The second-order valence-corrected chi connectivity index (χ2v) is 13.5. The molecule has 0 radical (unpaired) electrons. The summed E-state index contributed by atoms with van der Waals surface area (Å²) in [6.45, 7) is 9.63. The molecule has 6 rings (SSSR count). The van der Waals surface area contributed by atoms with Gasteiger partial charge in [0.25, 0.3) is 0 Å². The summed E-state index contributed by atoms with van der Waals surface area (Å²) in [6, 6.07) is 13.5. The maximum absolute atomic E-state index is 13.2. The third-order valence-corrected chi connectivity index (χ3v) is 8.87. The van der Waals surface area contributed by atoms with Gasteiger partial charge in [-0.2, -0.15) is 5.10 Å². The van der Waals surface area contributed by atoms with E-state index in [9.17, 15) is 4.79 Å². The molecule has 2 amide bonds. The fourth-order valence-electron chi connectivity index (χ4n) is 6.28. The molecule has 1 atom stereocenters. The van der Waals surface area contributed by atoms with Crippen molar-refractivity contribution in [2.75, 3.05) is 30.0 Å². The highest BCUT2D eigenvalue weighted by Gasteiger charge is 2.27. The van der Waals surface area contributed by atoms with Crippen LogP contribution in [0.3, 0.4) is 0 Å². The number of hydrogen-bond acceptors (Lipinski definition) is 8. The van der Waals surface area contributed by atoms with Gasteiger partial charge in [-0.3, -0.25) is 9.72 Å². The van der Waals surface area contributed by atoms with Gasteiger partial charge in [0.15, 0.2) is 5.65 Å². The molecular weight excluding hydrogens is 584 g/mol. The number of benzene rings is 1. The zero-order valence-electron chi connectivity index (χ0n) is 27.3. The van der Waals surface area contributed by atoms with Crippen LogP contribution in [0.2, 0.25) is 0 Å². The molecule has 12 nitrogen and oxygen atoms in total. The molecule has 2 aliphatic rings. The van der Waals surface area contributed by atoms with Crippen molar-refractivity contribution in [2.45, 2.75) is 96.2 Å². The number of hydrogen-bond donors (Lipinski definition) is 3. The van der Waals surface area contributed by atoms with Crippen LogP contribution in [0.5, 0.6) is 11.5 Å². The van der Waals surface area contributed by atoms with Gasteiger partial charge in [0, 0.05) is 36.2 Å². The minimum atomic E-state index is -0.267. The summed E-state index contributed by atoms with van der Waals surface area (Å²) in [5.41, 5.74) is 2.21. The van der Waals surface area contributed by atoms with E-state index in [0.717, 1.165) is 67.4 Å². The van der Waals surface area contributed by atoms with Crippen molar-refractivity contribution in [1.82, 2.24) is 29.7 Å². The van der Waals surface area contributed by atoms with Gasteiger partial charge in [0.2, 0.25) is 5.95 Å². The Morgan fingerprint density at radius 2 is 1.85 bits per heavy atom. The van der Waals surface area contributed by atoms with Crippen molar-refractivity contribution in [3.63, 3.8) is 0 Å². The summed E-state index contributed by atoms with van der Waals surface area (Å²) in [5.74, 6) is 2.88. The summed E-state index contributed by atoms with van der Waals surface area (Å²) in [6.07, 6.45) is 8.99. The van der Waals surface area contributed by atoms with E-state index >= 15 is 0 Å². The first-order chi connectivity index (χ1) is 22.2. The van der Waals surface area contributed by atoms with Crippen molar-refractivity contribution >= 4 is 23.4 Å². The van der Waals surface area contributed by atoms with Gasteiger partial charge in [-0.05, 0) is 76.1 Å². The lowest BCUT2D eigenvalue weighted by molar-refractivity contribution is 0.140. The summed E-state index contributed by atoms with van der Waals surface area (Å²) < 4.78 is 15.8. The molecule has 1 unspecified atom stereocenters. The molecule has 1 aromatic carbocycles. The Hall–Kier alpha value is -4.32. The highest BCUT2D eigenvalue weighted by Crippen LogP contribution is 2.30. The standard InChI is InChI=1S/C34H46N8O4/c1-23-8-5-6-17-40(23)33-38-37-30-16-15-28(22-41(30)33)46-26-13-11-24(12-14-26)35-32(44)36-31-21-29(34(2,3)4)39-42(31)25-9-7-10-27(20-25)45-19-18-43/h7,9-10,15-16,20-24,26,43H,5-6,8,11-14,17-19H2,1-4H3,(H2,35,36,44). The zero-order valence-corrected chi connectivity index (χ0v) is 27.3. The number of amides is 2. The van der Waals surface area contributed by atoms with Gasteiger partial charge in [-0.25, -0.2) is 9.48 Å². The lowest BCUT2D eigenvalue weighted by Crippen LogP contribution is -2.42. The molecule has 4 heterocycles. The fraction of sp³-hybridized carbons (Fsp3) is 0.529. The van der Waals surface area contributed by atoms with Crippen LogP contribution in [-0.2, 0) is 5.41 Å². The van der Waals surface area contributed by atoms with Gasteiger partial charge in [-0.15, -0.1) is 10.2 Å². The van der Waals surface area contributed by atoms with Crippen LogP contribution in [0.15, 0.2) is 48.7 Å². The third kappa shape index (κ3) is 7.22. The molecule has 246 valence electrons. The number of urea groups is 1. The number of carbonyl (C=O) groups excluding carboxylic acids is 1. The first kappa shape index (κ1) is 31.7. The van der Waals surface area contributed by atoms with Gasteiger partial charge in [0.1, 0.15) is 23.9 Å². The van der Waals surface area contributed by atoms with Gasteiger partial charge in [0.05, 0.1) is 30.3 Å². The summed E-state index contributed by atoms with van der Waals surface area (Å²) in [5, 5.41) is 29.0. The third-order valence-electron chi connectivity index (χ3n) is 8.87. The Morgan fingerprint density at radius 3 is 2.61 bits per heavy atom. The van der Waals surface area contributed by atoms with E-state index in [2.05, 4.69) is 53.4 Å². The molecule has 2 fully saturated rings. The van der Waals surface area contributed by atoms with Crippen LogP contribution in [-0.4, -0.2) is 73.5 Å². The fourth-order valence-corrected chi connectivity index (χ4v) is 6.28. The molecule has 3 N–H and O–H groups in total. The first-order valence-corrected chi connectivity index (χ1v) is 16.5. The van der Waals surface area contributed by atoms with Crippen LogP contribution in [0, 0.1) is 0 Å². The number of carbonyl (C=O) groups is 1. The number of pyridine rings is 1. The zero-order chi connectivity index (χ0) is 32.3. The molecule has 0 bridgehead atoms. The first-order valence-electron chi connectivity index (χ1n) is 16.5. The number of piperidine rings is 1. The minimum absolute atomic E-state index is 0.0426. The molecule has 1 saturated carbocycles. The van der Waals surface area contributed by atoms with E-state index < -0.39 is 0 Å². The predicted molar refractivity (Wildman–Crippen MR) is 177 cm³/mol. The van der Waals surface area contributed by atoms with E-state index in [4.69, 9.17) is 19.7 Å². The Balaban J connectivity index is 1.06. The summed E-state index contributed by atoms with van der Waals surface area (Å²) >= 11 is 0. The molecule has 3 aromatic heterocycles. The quantitative estimate of drug-likeness (QED) is 0.222. The van der Waals surface area contributed by atoms with Gasteiger partial charge < -0.3 is 24.8 Å². The van der Waals surface area contributed by atoms with E-state index in [1.165, 1.54) is 12.8 Å². The van der Waals surface area contributed by atoms with E-state index in [1.54, 1.807) is 4.68 Å². The highest BCUT2D eigenvalue weighted by atomic mass is 16.5. The predicted octanol–water partition coefficient (Wildman–Crippen LogP) is 5.47. The average molecular weight is 631 g/mol. The van der Waals surface area contributed by atoms with Crippen LogP contribution in [0.25, 0.3) is 11.3 Å². The van der Waals surface area contributed by atoms with Crippen molar-refractivity contribution in [1.29, 1.82) is 0 Å². The van der Waals surface area contributed by atoms with Gasteiger partial charge in [-0.1, -0.05) is 26.8 Å². The maximum atomic E-state index is 13.2. The molecule has 1 aliphatic heterocycles. The largest absolute Gasteiger partial charge is 0.491 e. The minimum Gasteiger partial charge on any atom is -0.491 e. The monoisotopic (exact) mass is 630 g/mol. The Labute approximate surface area is 270 Å². The van der Waals surface area contributed by atoms with E-state index in [0.29, 0.717) is 17.6 Å². The lowest BCUT2D eigenvalue weighted by Gasteiger charge is -2.33. The van der Waals surface area contributed by atoms with Crippen molar-refractivity contribution in [2.24, 2.45) is 0 Å². The molecular formula is C34H46N8O4. The molecule has 0 spiro atoms. The van der Waals surface area contributed by atoms with Crippen molar-refractivity contribution in [3.05, 3.63) is 54.4 Å². The number of anilines is 2. The number of fused-ring (bicyclic) bond motifs is 1. The van der Waals surface area contributed by atoms with Crippen LogP contribution in [0.1, 0.15) is 78.3 Å². The second kappa shape index (κ2) is 13.6.